The number of hydrogen-bond donors (Lipinski definition) is 2. The zero-order valence-corrected chi connectivity index (χ0v) is 18.1. The summed E-state index contributed by atoms with van der Waals surface area (Å²) >= 11 is 1.71. The van der Waals surface area contributed by atoms with E-state index in [0.717, 1.165) is 32.9 Å². The van der Waals surface area contributed by atoms with Crippen LogP contribution in [0.4, 0.5) is 0 Å². The highest BCUT2D eigenvalue weighted by Crippen LogP contribution is 2.42. The van der Waals surface area contributed by atoms with Gasteiger partial charge in [-0.05, 0) is 59.2 Å². The van der Waals surface area contributed by atoms with Crippen LogP contribution in [0.15, 0.2) is 107 Å². The largest absolute Gasteiger partial charge is 0.287 e. The Morgan fingerprint density at radius 3 is 2.50 bits per heavy atom. The van der Waals surface area contributed by atoms with Crippen LogP contribution in [0.25, 0.3) is 11.6 Å². The van der Waals surface area contributed by atoms with E-state index < -0.39 is 0 Å². The average molecular weight is 436 g/mol. The number of carbonyl (C=O) groups excluding carboxylic acids is 1. The first-order valence-corrected chi connectivity index (χ1v) is 11.2. The second-order valence-electron chi connectivity index (χ2n) is 7.42. The number of rotatable bonds is 5. The smallest absolute Gasteiger partial charge is 0.265 e. The average Bonchev–Trinajstić information content (AvgIpc) is 3.01. The Morgan fingerprint density at radius 1 is 0.844 bits per heavy atom. The molecule has 4 nitrogen and oxygen atoms in total. The van der Waals surface area contributed by atoms with Gasteiger partial charge in [0.2, 0.25) is 0 Å². The lowest BCUT2D eigenvalue weighted by molar-refractivity contribution is 0.0932. The number of carbonyl (C=O) groups is 1. The Kier molecular flexibility index (Phi) is 5.83. The van der Waals surface area contributed by atoms with E-state index in [-0.39, 0.29) is 5.91 Å². The molecule has 5 rings (SSSR count). The maximum atomic E-state index is 12.8. The van der Waals surface area contributed by atoms with Crippen molar-refractivity contribution in [2.24, 2.45) is 0 Å². The van der Waals surface area contributed by atoms with Gasteiger partial charge in [0.15, 0.2) is 0 Å². The minimum atomic E-state index is -0.164. The maximum absolute atomic E-state index is 12.8. The van der Waals surface area contributed by atoms with Crippen molar-refractivity contribution in [3.05, 3.63) is 125 Å². The minimum Gasteiger partial charge on any atom is -0.287 e. The molecule has 156 valence electrons. The maximum Gasteiger partial charge on any atom is 0.265 e. The second-order valence-corrected chi connectivity index (χ2v) is 8.50. The van der Waals surface area contributed by atoms with Crippen molar-refractivity contribution in [2.75, 3.05) is 0 Å². The fraction of sp³-hybridized carbons (Fsp3) is 0.0370. The van der Waals surface area contributed by atoms with Crippen LogP contribution in [-0.2, 0) is 6.54 Å². The van der Waals surface area contributed by atoms with Gasteiger partial charge in [-0.25, -0.2) is 5.43 Å². The van der Waals surface area contributed by atoms with E-state index in [1.807, 2.05) is 78.9 Å². The molecule has 0 bridgehead atoms. The minimum absolute atomic E-state index is 0.164. The van der Waals surface area contributed by atoms with E-state index in [0.29, 0.717) is 12.1 Å². The summed E-state index contributed by atoms with van der Waals surface area (Å²) in [7, 11) is 0. The highest BCUT2D eigenvalue weighted by Gasteiger charge is 2.19. The summed E-state index contributed by atoms with van der Waals surface area (Å²) in [6.45, 7) is 0.562. The van der Waals surface area contributed by atoms with E-state index in [9.17, 15) is 4.79 Å². The second kappa shape index (κ2) is 9.22. The van der Waals surface area contributed by atoms with Crippen LogP contribution < -0.4 is 10.9 Å². The molecule has 2 heterocycles. The highest BCUT2D eigenvalue weighted by atomic mass is 32.2. The van der Waals surface area contributed by atoms with Crippen LogP contribution in [0, 0.1) is 0 Å². The number of amides is 1. The number of aromatic nitrogens is 1. The van der Waals surface area contributed by atoms with Crippen molar-refractivity contribution in [3.63, 3.8) is 0 Å². The number of pyridine rings is 1. The van der Waals surface area contributed by atoms with E-state index in [4.69, 9.17) is 0 Å². The van der Waals surface area contributed by atoms with Crippen LogP contribution in [0.3, 0.4) is 0 Å². The third-order valence-corrected chi connectivity index (χ3v) is 6.41. The predicted octanol–water partition coefficient (Wildman–Crippen LogP) is 5.57. The van der Waals surface area contributed by atoms with Crippen molar-refractivity contribution >= 4 is 29.3 Å². The van der Waals surface area contributed by atoms with Crippen LogP contribution in [0.1, 0.15) is 32.7 Å². The van der Waals surface area contributed by atoms with Gasteiger partial charge in [-0.2, -0.15) is 0 Å². The molecular weight excluding hydrogens is 414 g/mol. The molecule has 0 spiro atoms. The fourth-order valence-corrected chi connectivity index (χ4v) is 4.70. The van der Waals surface area contributed by atoms with Crippen LogP contribution in [0.5, 0.6) is 0 Å². The lowest BCUT2D eigenvalue weighted by Gasteiger charge is -2.10. The Labute approximate surface area is 191 Å². The number of nitrogens with one attached hydrogen (secondary N) is 2. The normalized spacial score (nSPS) is 12.2. The lowest BCUT2D eigenvalue weighted by atomic mass is 9.98. The zero-order chi connectivity index (χ0) is 21.8. The molecule has 0 atom stereocenters. The third kappa shape index (κ3) is 4.35. The molecule has 0 aliphatic carbocycles. The number of hydrogen-bond acceptors (Lipinski definition) is 4. The summed E-state index contributed by atoms with van der Waals surface area (Å²) in [4.78, 5) is 19.6. The number of benzene rings is 3. The summed E-state index contributed by atoms with van der Waals surface area (Å²) in [6, 6.07) is 30.0. The van der Waals surface area contributed by atoms with Crippen LogP contribution in [0.2, 0.25) is 0 Å². The number of fused-ring (bicyclic) bond motifs is 2. The standard InChI is InChI=1S/C27H21N3OS/c31-27(30-29-18-19-8-2-1-3-9-19)20-13-14-25-21(16-20)17-23(24-11-6-7-15-28-24)22-10-4-5-12-26(22)32-25/h1-17,29H,18H2,(H,30,31). The summed E-state index contributed by atoms with van der Waals surface area (Å²) < 4.78 is 0. The van der Waals surface area contributed by atoms with Gasteiger partial charge in [0.1, 0.15) is 0 Å². The van der Waals surface area contributed by atoms with Gasteiger partial charge in [-0.1, -0.05) is 66.4 Å². The van der Waals surface area contributed by atoms with Gasteiger partial charge in [0.05, 0.1) is 5.69 Å². The van der Waals surface area contributed by atoms with Crippen molar-refractivity contribution in [3.8, 4) is 0 Å². The first-order chi connectivity index (χ1) is 15.8. The lowest BCUT2D eigenvalue weighted by Crippen LogP contribution is -2.36. The molecule has 1 aliphatic rings. The topological polar surface area (TPSA) is 54.0 Å². The van der Waals surface area contributed by atoms with Crippen molar-refractivity contribution in [1.82, 2.24) is 15.8 Å². The van der Waals surface area contributed by atoms with Crippen LogP contribution >= 0.6 is 11.8 Å². The molecule has 32 heavy (non-hydrogen) atoms. The van der Waals surface area contributed by atoms with Crippen molar-refractivity contribution in [2.45, 2.75) is 16.3 Å². The summed E-state index contributed by atoms with van der Waals surface area (Å²) in [5, 5.41) is 0. The number of nitrogens with zero attached hydrogens (tertiary/aromatic N) is 1. The van der Waals surface area contributed by atoms with E-state index in [1.165, 1.54) is 4.90 Å². The fourth-order valence-electron chi connectivity index (χ4n) is 3.65. The van der Waals surface area contributed by atoms with Gasteiger partial charge in [-0.15, -0.1) is 0 Å². The predicted molar refractivity (Wildman–Crippen MR) is 129 cm³/mol. The van der Waals surface area contributed by atoms with Gasteiger partial charge in [0, 0.05) is 33.7 Å². The third-order valence-electron chi connectivity index (χ3n) is 5.25. The zero-order valence-electron chi connectivity index (χ0n) is 17.3. The molecule has 0 saturated heterocycles. The summed E-state index contributed by atoms with van der Waals surface area (Å²) in [5.74, 6) is -0.164. The Balaban J connectivity index is 1.44. The molecule has 0 unspecified atom stereocenters. The quantitative estimate of drug-likeness (QED) is 0.355. The van der Waals surface area contributed by atoms with Crippen molar-refractivity contribution < 1.29 is 4.79 Å². The summed E-state index contributed by atoms with van der Waals surface area (Å²) in [5.41, 5.74) is 11.6. The van der Waals surface area contributed by atoms with Gasteiger partial charge in [0.25, 0.3) is 5.91 Å². The first-order valence-electron chi connectivity index (χ1n) is 10.4. The molecule has 3 aromatic carbocycles. The SMILES string of the molecule is O=C(NNCc1ccccc1)c1ccc2c(c1)C=C(c1ccccn1)c1ccccc1S2. The van der Waals surface area contributed by atoms with Gasteiger partial charge < -0.3 is 0 Å². The first kappa shape index (κ1) is 20.2. The Bertz CT molecular complexity index is 1290. The molecule has 5 heteroatoms. The summed E-state index contributed by atoms with van der Waals surface area (Å²) in [6.07, 6.45) is 3.94. The highest BCUT2D eigenvalue weighted by molar-refractivity contribution is 7.99. The Morgan fingerprint density at radius 2 is 1.66 bits per heavy atom. The molecule has 1 aliphatic heterocycles. The van der Waals surface area contributed by atoms with Crippen molar-refractivity contribution in [1.29, 1.82) is 0 Å². The molecule has 4 aromatic rings. The van der Waals surface area contributed by atoms with Gasteiger partial charge >= 0.3 is 0 Å². The molecule has 0 radical (unpaired) electrons. The van der Waals surface area contributed by atoms with Gasteiger partial charge in [-0.3, -0.25) is 15.2 Å². The Hall–Kier alpha value is -3.67. The van der Waals surface area contributed by atoms with Crippen LogP contribution in [-0.4, -0.2) is 10.9 Å². The van der Waals surface area contributed by atoms with E-state index in [2.05, 4.69) is 34.0 Å². The molecule has 0 fully saturated rings. The molecule has 1 aromatic heterocycles. The molecular formula is C27H21N3OS. The molecule has 2 N–H and O–H groups in total. The van der Waals surface area contributed by atoms with E-state index >= 15 is 0 Å². The molecule has 1 amide bonds. The number of hydrazine groups is 1. The monoisotopic (exact) mass is 435 g/mol. The van der Waals surface area contributed by atoms with E-state index in [1.54, 1.807) is 18.0 Å². The molecule has 0 saturated carbocycles.